The summed E-state index contributed by atoms with van der Waals surface area (Å²) in [4.78, 5) is 26.7. The van der Waals surface area contributed by atoms with Gasteiger partial charge in [0.1, 0.15) is 10.4 Å². The third-order valence-electron chi connectivity index (χ3n) is 4.59. The molecule has 4 aromatic rings. The zero-order chi connectivity index (χ0) is 20.1. The molecule has 142 valence electrons. The van der Waals surface area contributed by atoms with Crippen molar-refractivity contribution in [1.82, 2.24) is 9.29 Å². The predicted molar refractivity (Wildman–Crippen MR) is 112 cm³/mol. The number of hydrogen-bond donors (Lipinski definition) is 1. The normalized spacial score (nSPS) is 12.1. The van der Waals surface area contributed by atoms with Crippen molar-refractivity contribution in [2.75, 3.05) is 14.1 Å². The predicted octanol–water partition coefficient (Wildman–Crippen LogP) is 4.06. The van der Waals surface area contributed by atoms with E-state index in [1.54, 1.807) is 24.3 Å². The molecule has 0 spiro atoms. The summed E-state index contributed by atoms with van der Waals surface area (Å²) in [5.74, 6) is 0. The number of fused-ring (bicyclic) bond motifs is 3. The average molecular weight is 413 g/mol. The van der Waals surface area contributed by atoms with Gasteiger partial charge in [-0.15, -0.1) is 16.2 Å². The SMILES string of the molecule is CN(C)S(=O)(=O)c1ccc(-c2c(N=O)ccc3[nH]c(=O)c4sccc4c23)cc1. The quantitative estimate of drug-likeness (QED) is 0.510. The molecule has 7 nitrogen and oxygen atoms in total. The Balaban J connectivity index is 2.04. The van der Waals surface area contributed by atoms with Gasteiger partial charge >= 0.3 is 0 Å². The molecule has 0 atom stereocenters. The van der Waals surface area contributed by atoms with Crippen molar-refractivity contribution in [2.24, 2.45) is 5.18 Å². The minimum atomic E-state index is -3.56. The van der Waals surface area contributed by atoms with E-state index >= 15 is 0 Å². The number of benzene rings is 2. The standard InChI is InChI=1S/C19H15N3O4S2/c1-22(2)28(25,26)12-5-3-11(4-6-12)16-15(21-24)8-7-14-17(16)13-9-10-27-18(13)19(23)20-14/h3-10H,1-2H3,(H,20,23). The fraction of sp³-hybridized carbons (Fsp3) is 0.105. The lowest BCUT2D eigenvalue weighted by atomic mass is 9.97. The van der Waals surface area contributed by atoms with Crippen molar-refractivity contribution in [2.45, 2.75) is 4.90 Å². The molecule has 0 saturated carbocycles. The molecule has 2 aromatic heterocycles. The highest BCUT2D eigenvalue weighted by molar-refractivity contribution is 7.89. The molecule has 0 bridgehead atoms. The number of H-pyrrole nitrogens is 1. The van der Waals surface area contributed by atoms with Crippen LogP contribution >= 0.6 is 11.3 Å². The van der Waals surface area contributed by atoms with Crippen molar-refractivity contribution in [3.8, 4) is 11.1 Å². The van der Waals surface area contributed by atoms with Gasteiger partial charge in [0.15, 0.2) is 0 Å². The van der Waals surface area contributed by atoms with Gasteiger partial charge in [-0.05, 0) is 46.5 Å². The molecule has 0 amide bonds. The average Bonchev–Trinajstić information content (AvgIpc) is 3.18. The van der Waals surface area contributed by atoms with Gasteiger partial charge < -0.3 is 4.98 Å². The first kappa shape index (κ1) is 18.5. The Labute approximate surface area is 164 Å². The second-order valence-corrected chi connectivity index (χ2v) is 9.47. The van der Waals surface area contributed by atoms with Crippen LogP contribution in [0.5, 0.6) is 0 Å². The van der Waals surface area contributed by atoms with E-state index in [4.69, 9.17) is 0 Å². The highest BCUT2D eigenvalue weighted by Crippen LogP contribution is 2.40. The smallest absolute Gasteiger partial charge is 0.266 e. The molecule has 1 N–H and O–H groups in total. The van der Waals surface area contributed by atoms with Gasteiger partial charge in [0.25, 0.3) is 5.56 Å². The summed E-state index contributed by atoms with van der Waals surface area (Å²) < 4.78 is 26.3. The molecule has 28 heavy (non-hydrogen) atoms. The van der Waals surface area contributed by atoms with Crippen LogP contribution in [0.3, 0.4) is 0 Å². The van der Waals surface area contributed by atoms with Crippen LogP contribution in [0.4, 0.5) is 5.69 Å². The lowest BCUT2D eigenvalue weighted by Crippen LogP contribution is -2.22. The molecular weight excluding hydrogens is 398 g/mol. The van der Waals surface area contributed by atoms with Gasteiger partial charge in [0.2, 0.25) is 10.0 Å². The van der Waals surface area contributed by atoms with Gasteiger partial charge in [-0.1, -0.05) is 12.1 Å². The molecule has 0 unspecified atom stereocenters. The number of hydrogen-bond acceptors (Lipinski definition) is 6. The summed E-state index contributed by atoms with van der Waals surface area (Å²) in [5.41, 5.74) is 1.81. The van der Waals surface area contributed by atoms with Crippen molar-refractivity contribution in [3.63, 3.8) is 0 Å². The van der Waals surface area contributed by atoms with Crippen molar-refractivity contribution < 1.29 is 8.42 Å². The number of rotatable bonds is 4. The third-order valence-corrected chi connectivity index (χ3v) is 7.33. The van der Waals surface area contributed by atoms with Crippen LogP contribution in [-0.2, 0) is 10.0 Å². The number of aromatic amines is 1. The minimum absolute atomic E-state index is 0.149. The molecule has 0 aliphatic carbocycles. The summed E-state index contributed by atoms with van der Waals surface area (Å²) in [7, 11) is -0.634. The lowest BCUT2D eigenvalue weighted by Gasteiger charge is -2.13. The Morgan fingerprint density at radius 3 is 2.39 bits per heavy atom. The first-order valence-corrected chi connectivity index (χ1v) is 10.6. The third kappa shape index (κ3) is 2.75. The van der Waals surface area contributed by atoms with Crippen LogP contribution in [0, 0.1) is 4.91 Å². The Morgan fingerprint density at radius 1 is 1.04 bits per heavy atom. The summed E-state index contributed by atoms with van der Waals surface area (Å²) in [6.07, 6.45) is 0. The highest BCUT2D eigenvalue weighted by atomic mass is 32.2. The van der Waals surface area contributed by atoms with E-state index in [1.807, 2.05) is 11.4 Å². The molecular formula is C19H15N3O4S2. The molecule has 4 rings (SSSR count). The Hall–Kier alpha value is -2.88. The highest BCUT2D eigenvalue weighted by Gasteiger charge is 2.19. The topological polar surface area (TPSA) is 99.7 Å². The monoisotopic (exact) mass is 413 g/mol. The maximum Gasteiger partial charge on any atom is 0.266 e. The maximum atomic E-state index is 12.3. The van der Waals surface area contributed by atoms with Crippen LogP contribution in [0.25, 0.3) is 32.1 Å². The van der Waals surface area contributed by atoms with Gasteiger partial charge in [0, 0.05) is 35.9 Å². The molecule has 0 radical (unpaired) electrons. The first-order valence-electron chi connectivity index (χ1n) is 8.27. The molecule has 2 aromatic carbocycles. The van der Waals surface area contributed by atoms with Gasteiger partial charge in [-0.2, -0.15) is 0 Å². The van der Waals surface area contributed by atoms with Crippen LogP contribution in [0.2, 0.25) is 0 Å². The van der Waals surface area contributed by atoms with E-state index in [0.29, 0.717) is 26.7 Å². The summed E-state index contributed by atoms with van der Waals surface area (Å²) in [6, 6.07) is 11.3. The molecule has 2 heterocycles. The number of sulfonamides is 1. The van der Waals surface area contributed by atoms with E-state index in [9.17, 15) is 18.1 Å². The van der Waals surface area contributed by atoms with Crippen LogP contribution in [0.1, 0.15) is 0 Å². The van der Waals surface area contributed by atoms with Crippen molar-refractivity contribution in [1.29, 1.82) is 0 Å². The zero-order valence-corrected chi connectivity index (χ0v) is 16.6. The number of nitrogens with one attached hydrogen (secondary N) is 1. The molecule has 0 fully saturated rings. The molecule has 0 aliphatic heterocycles. The number of nitroso groups, excluding NO2 is 1. The summed E-state index contributed by atoms with van der Waals surface area (Å²) in [6.45, 7) is 0. The fourth-order valence-corrected chi connectivity index (χ4v) is 4.91. The molecule has 9 heteroatoms. The maximum absolute atomic E-state index is 12.3. The van der Waals surface area contributed by atoms with Crippen LogP contribution < -0.4 is 5.56 Å². The van der Waals surface area contributed by atoms with Crippen molar-refractivity contribution in [3.05, 3.63) is 63.1 Å². The molecule has 0 aliphatic rings. The number of aromatic nitrogens is 1. The first-order chi connectivity index (χ1) is 13.3. The van der Waals surface area contributed by atoms with Crippen LogP contribution in [0.15, 0.2) is 62.7 Å². The summed E-state index contributed by atoms with van der Waals surface area (Å²) >= 11 is 1.32. The minimum Gasteiger partial charge on any atom is -0.321 e. The van der Waals surface area contributed by atoms with E-state index < -0.39 is 10.0 Å². The fourth-order valence-electron chi connectivity index (χ4n) is 3.21. The summed E-state index contributed by atoms with van der Waals surface area (Å²) in [5, 5.41) is 6.40. The van der Waals surface area contributed by atoms with Crippen LogP contribution in [-0.4, -0.2) is 31.8 Å². The number of thiophene rings is 1. The number of nitrogens with zero attached hydrogens (tertiary/aromatic N) is 2. The van der Waals surface area contributed by atoms with E-state index in [2.05, 4.69) is 10.2 Å². The largest absolute Gasteiger partial charge is 0.321 e. The lowest BCUT2D eigenvalue weighted by molar-refractivity contribution is 0.521. The Kier molecular flexibility index (Phi) is 4.37. The van der Waals surface area contributed by atoms with E-state index in [0.717, 1.165) is 9.69 Å². The second-order valence-electron chi connectivity index (χ2n) is 6.40. The second kappa shape index (κ2) is 6.62. The van der Waals surface area contributed by atoms with Gasteiger partial charge in [-0.3, -0.25) is 4.79 Å². The Morgan fingerprint density at radius 2 is 1.75 bits per heavy atom. The molecule has 0 saturated heterocycles. The van der Waals surface area contributed by atoms with E-state index in [1.165, 1.54) is 37.6 Å². The number of pyridine rings is 1. The van der Waals surface area contributed by atoms with Crippen molar-refractivity contribution >= 4 is 48.0 Å². The Bertz CT molecular complexity index is 1380. The van der Waals surface area contributed by atoms with Gasteiger partial charge in [0.05, 0.1) is 4.90 Å². The van der Waals surface area contributed by atoms with Gasteiger partial charge in [-0.25, -0.2) is 12.7 Å². The van der Waals surface area contributed by atoms with E-state index in [-0.39, 0.29) is 16.1 Å². The zero-order valence-electron chi connectivity index (χ0n) is 15.0.